The van der Waals surface area contributed by atoms with Gasteiger partial charge in [0, 0.05) is 12.1 Å². The van der Waals surface area contributed by atoms with Crippen LogP contribution in [0.2, 0.25) is 0 Å². The Bertz CT molecular complexity index is 1220. The van der Waals surface area contributed by atoms with Crippen LogP contribution in [0.15, 0.2) is 65.3 Å². The van der Waals surface area contributed by atoms with E-state index in [1.165, 1.54) is 24.5 Å². The summed E-state index contributed by atoms with van der Waals surface area (Å²) in [5.41, 5.74) is 0.359. The molecule has 11 heteroatoms. The highest BCUT2D eigenvalue weighted by Gasteiger charge is 2.29. The van der Waals surface area contributed by atoms with Crippen LogP contribution in [-0.4, -0.2) is 35.8 Å². The molecule has 0 bridgehead atoms. The Morgan fingerprint density at radius 3 is 2.70 bits per heavy atom. The van der Waals surface area contributed by atoms with Crippen molar-refractivity contribution in [3.63, 3.8) is 0 Å². The number of nitro benzene ring substituents is 1. The van der Waals surface area contributed by atoms with Crippen LogP contribution >= 0.6 is 0 Å². The molecule has 0 aliphatic carbocycles. The van der Waals surface area contributed by atoms with Crippen LogP contribution < -0.4 is 20.3 Å². The number of amides is 3. The molecule has 2 heterocycles. The van der Waals surface area contributed by atoms with E-state index < -0.39 is 29.2 Å². The first kappa shape index (κ1) is 21.6. The molecule has 0 radical (unpaired) electrons. The van der Waals surface area contributed by atoms with Gasteiger partial charge in [-0.05, 0) is 30.3 Å². The van der Waals surface area contributed by atoms with Crippen LogP contribution in [0.1, 0.15) is 16.1 Å². The van der Waals surface area contributed by atoms with Crippen molar-refractivity contribution in [2.24, 2.45) is 0 Å². The topological polar surface area (TPSA) is 144 Å². The van der Waals surface area contributed by atoms with Crippen LogP contribution in [0, 0.1) is 10.1 Å². The third-order valence-electron chi connectivity index (χ3n) is 4.85. The van der Waals surface area contributed by atoms with Crippen molar-refractivity contribution in [3.8, 4) is 5.75 Å². The minimum absolute atomic E-state index is 0.125. The maximum Gasteiger partial charge on any atom is 0.271 e. The fraction of sp³-hybridized carbons (Fsp3) is 0.136. The van der Waals surface area contributed by atoms with E-state index >= 15 is 0 Å². The molecule has 2 N–H and O–H groups in total. The summed E-state index contributed by atoms with van der Waals surface area (Å²) in [4.78, 5) is 49.3. The lowest BCUT2D eigenvalue weighted by Crippen LogP contribution is -2.43. The van der Waals surface area contributed by atoms with Crippen molar-refractivity contribution in [3.05, 3.63) is 82.3 Å². The Kier molecular flexibility index (Phi) is 6.02. The monoisotopic (exact) mass is 450 g/mol. The number of anilines is 2. The SMILES string of the molecule is O=C(CN1C(=O)COc2ccc([N+](=O)[O-])cc21)Nc1ccccc1C(=O)NCc1ccco1. The average molecular weight is 450 g/mol. The molecule has 168 valence electrons. The first-order valence-electron chi connectivity index (χ1n) is 9.83. The molecular weight excluding hydrogens is 432 g/mol. The Balaban J connectivity index is 1.49. The van der Waals surface area contributed by atoms with Crippen molar-refractivity contribution in [1.82, 2.24) is 5.32 Å². The maximum atomic E-state index is 12.7. The lowest BCUT2D eigenvalue weighted by molar-refractivity contribution is -0.384. The first-order valence-corrected chi connectivity index (χ1v) is 9.83. The van der Waals surface area contributed by atoms with Gasteiger partial charge in [-0.25, -0.2) is 0 Å². The number of fused-ring (bicyclic) bond motifs is 1. The number of hydrogen-bond donors (Lipinski definition) is 2. The van der Waals surface area contributed by atoms with E-state index in [4.69, 9.17) is 9.15 Å². The van der Waals surface area contributed by atoms with Crippen LogP contribution in [0.25, 0.3) is 0 Å². The van der Waals surface area contributed by atoms with Gasteiger partial charge in [0.05, 0.1) is 34.7 Å². The predicted molar refractivity (Wildman–Crippen MR) is 116 cm³/mol. The molecule has 4 rings (SSSR count). The largest absolute Gasteiger partial charge is 0.482 e. The van der Waals surface area contributed by atoms with Gasteiger partial charge >= 0.3 is 0 Å². The second-order valence-corrected chi connectivity index (χ2v) is 7.03. The van der Waals surface area contributed by atoms with Crippen LogP contribution in [0.3, 0.4) is 0 Å². The van der Waals surface area contributed by atoms with Gasteiger partial charge in [0.1, 0.15) is 18.1 Å². The number of furan rings is 1. The van der Waals surface area contributed by atoms with E-state index in [0.717, 1.165) is 4.90 Å². The minimum Gasteiger partial charge on any atom is -0.482 e. The second-order valence-electron chi connectivity index (χ2n) is 7.03. The number of para-hydroxylation sites is 1. The molecule has 0 atom stereocenters. The molecule has 3 aromatic rings. The van der Waals surface area contributed by atoms with Crippen molar-refractivity contribution in [1.29, 1.82) is 0 Å². The predicted octanol–water partition coefficient (Wildman–Crippen LogP) is 2.48. The van der Waals surface area contributed by atoms with E-state index in [1.54, 1.807) is 36.4 Å². The zero-order chi connectivity index (χ0) is 23.4. The number of carbonyl (C=O) groups excluding carboxylic acids is 3. The zero-order valence-corrected chi connectivity index (χ0v) is 17.1. The molecule has 0 fully saturated rings. The van der Waals surface area contributed by atoms with Crippen molar-refractivity contribution < 1.29 is 28.5 Å². The number of ether oxygens (including phenoxy) is 1. The number of nitro groups is 1. The summed E-state index contributed by atoms with van der Waals surface area (Å²) in [6.07, 6.45) is 1.50. The number of nitrogens with one attached hydrogen (secondary N) is 2. The number of carbonyl (C=O) groups is 3. The maximum absolute atomic E-state index is 12.7. The van der Waals surface area contributed by atoms with Crippen molar-refractivity contribution in [2.45, 2.75) is 6.54 Å². The molecule has 1 aromatic heterocycles. The minimum atomic E-state index is -0.602. The summed E-state index contributed by atoms with van der Waals surface area (Å²) >= 11 is 0. The number of benzene rings is 2. The van der Waals surface area contributed by atoms with Gasteiger partial charge < -0.3 is 19.8 Å². The summed E-state index contributed by atoms with van der Waals surface area (Å²) in [5.74, 6) is -0.712. The zero-order valence-electron chi connectivity index (χ0n) is 17.1. The summed E-state index contributed by atoms with van der Waals surface area (Å²) < 4.78 is 10.5. The highest BCUT2D eigenvalue weighted by molar-refractivity contribution is 6.08. The van der Waals surface area contributed by atoms with E-state index in [9.17, 15) is 24.5 Å². The van der Waals surface area contributed by atoms with E-state index in [-0.39, 0.29) is 41.5 Å². The third kappa shape index (κ3) is 4.82. The number of rotatable bonds is 7. The molecule has 0 saturated heterocycles. The van der Waals surface area contributed by atoms with E-state index in [1.807, 2.05) is 0 Å². The van der Waals surface area contributed by atoms with Gasteiger partial charge in [0.15, 0.2) is 6.61 Å². The van der Waals surface area contributed by atoms with Gasteiger partial charge in [-0.15, -0.1) is 0 Å². The number of nitrogens with zero attached hydrogens (tertiary/aromatic N) is 2. The normalized spacial score (nSPS) is 12.5. The van der Waals surface area contributed by atoms with Crippen LogP contribution in [0.5, 0.6) is 5.75 Å². The standard InChI is InChI=1S/C22H18N4O7/c27-20(12-25-18-10-14(26(30)31)7-8-19(18)33-13-21(25)28)24-17-6-2-1-5-16(17)22(29)23-11-15-4-3-9-32-15/h1-10H,11-13H2,(H,23,29)(H,24,27). The Labute approximate surface area is 187 Å². The smallest absolute Gasteiger partial charge is 0.271 e. The average Bonchev–Trinajstić information content (AvgIpc) is 3.33. The molecule has 0 saturated carbocycles. The highest BCUT2D eigenvalue weighted by Crippen LogP contribution is 2.35. The number of hydrogen-bond acceptors (Lipinski definition) is 7. The van der Waals surface area contributed by atoms with Crippen molar-refractivity contribution in [2.75, 3.05) is 23.4 Å². The molecule has 2 aromatic carbocycles. The first-order chi connectivity index (χ1) is 15.9. The summed E-state index contributed by atoms with van der Waals surface area (Å²) in [7, 11) is 0. The molecule has 0 unspecified atom stereocenters. The van der Waals surface area contributed by atoms with Crippen LogP contribution in [-0.2, 0) is 16.1 Å². The third-order valence-corrected chi connectivity index (χ3v) is 4.85. The summed E-state index contributed by atoms with van der Waals surface area (Å²) in [6.45, 7) is -0.547. The van der Waals surface area contributed by atoms with Gasteiger partial charge in [-0.3, -0.25) is 29.4 Å². The fourth-order valence-electron chi connectivity index (χ4n) is 3.28. The Morgan fingerprint density at radius 1 is 1.12 bits per heavy atom. The lowest BCUT2D eigenvalue weighted by atomic mass is 10.1. The van der Waals surface area contributed by atoms with Gasteiger partial charge in [0.25, 0.3) is 17.5 Å². The van der Waals surface area contributed by atoms with Gasteiger partial charge in [-0.2, -0.15) is 0 Å². The highest BCUT2D eigenvalue weighted by atomic mass is 16.6. The van der Waals surface area contributed by atoms with E-state index in [0.29, 0.717) is 5.76 Å². The molecule has 11 nitrogen and oxygen atoms in total. The van der Waals surface area contributed by atoms with Crippen molar-refractivity contribution >= 4 is 34.8 Å². The molecule has 1 aliphatic heterocycles. The number of non-ortho nitro benzene ring substituents is 1. The molecular formula is C22H18N4O7. The molecule has 0 spiro atoms. The molecule has 1 aliphatic rings. The summed E-state index contributed by atoms with van der Waals surface area (Å²) in [6, 6.07) is 13.6. The fourth-order valence-corrected chi connectivity index (χ4v) is 3.28. The second kappa shape index (κ2) is 9.22. The van der Waals surface area contributed by atoms with Gasteiger partial charge in [-0.1, -0.05) is 12.1 Å². The Hall–Kier alpha value is -4.67. The van der Waals surface area contributed by atoms with Crippen LogP contribution in [0.4, 0.5) is 17.1 Å². The quantitative estimate of drug-likeness (QED) is 0.416. The van der Waals surface area contributed by atoms with Gasteiger partial charge in [0.2, 0.25) is 5.91 Å². The lowest BCUT2D eigenvalue weighted by Gasteiger charge is -2.28. The Morgan fingerprint density at radius 2 is 1.94 bits per heavy atom. The van der Waals surface area contributed by atoms with E-state index in [2.05, 4.69) is 10.6 Å². The summed E-state index contributed by atoms with van der Waals surface area (Å²) in [5, 5.41) is 16.4. The molecule has 3 amide bonds. The molecule has 33 heavy (non-hydrogen) atoms.